The summed E-state index contributed by atoms with van der Waals surface area (Å²) in [6, 6.07) is 29.9. The van der Waals surface area contributed by atoms with Crippen LogP contribution in [0.5, 0.6) is 34.5 Å². The van der Waals surface area contributed by atoms with Gasteiger partial charge in [-0.25, -0.2) is 4.79 Å². The summed E-state index contributed by atoms with van der Waals surface area (Å²) < 4.78 is 23.2. The molecule has 12 nitrogen and oxygen atoms in total. The largest absolute Gasteiger partial charge is 0.482 e. The van der Waals surface area contributed by atoms with Crippen molar-refractivity contribution in [2.24, 2.45) is 0 Å². The molecule has 45 heavy (non-hydrogen) atoms. The minimum absolute atomic E-state index is 0.0406. The van der Waals surface area contributed by atoms with Crippen LogP contribution in [-0.2, 0) is 13.2 Å². The van der Waals surface area contributed by atoms with E-state index in [2.05, 4.69) is 0 Å². The third-order valence-corrected chi connectivity index (χ3v) is 6.33. The van der Waals surface area contributed by atoms with E-state index in [1.54, 1.807) is 0 Å². The summed E-state index contributed by atoms with van der Waals surface area (Å²) in [7, 11) is 0. The van der Waals surface area contributed by atoms with E-state index in [0.29, 0.717) is 0 Å². The van der Waals surface area contributed by atoms with Crippen molar-refractivity contribution < 1.29 is 38.7 Å². The van der Waals surface area contributed by atoms with Gasteiger partial charge in [-0.2, -0.15) is 0 Å². The van der Waals surface area contributed by atoms with Gasteiger partial charge in [-0.05, 0) is 35.4 Å². The monoisotopic (exact) mass is 608 g/mol. The first-order chi connectivity index (χ1) is 21.7. The third kappa shape index (κ3) is 7.90. The Kier molecular flexibility index (Phi) is 9.14. The van der Waals surface area contributed by atoms with Crippen molar-refractivity contribution in [2.45, 2.75) is 13.2 Å². The summed E-state index contributed by atoms with van der Waals surface area (Å²) in [6.45, 7) is 0.147. The van der Waals surface area contributed by atoms with Crippen molar-refractivity contribution in [2.75, 3.05) is 0 Å². The van der Waals surface area contributed by atoms with Crippen LogP contribution in [0.25, 0.3) is 0 Å². The van der Waals surface area contributed by atoms with Crippen molar-refractivity contribution in [3.8, 4) is 34.5 Å². The van der Waals surface area contributed by atoms with Gasteiger partial charge < -0.3 is 24.1 Å². The van der Waals surface area contributed by atoms with Crippen LogP contribution in [0.15, 0.2) is 115 Å². The van der Waals surface area contributed by atoms with Crippen LogP contribution in [0.4, 0.5) is 11.4 Å². The minimum atomic E-state index is -1.27. The van der Waals surface area contributed by atoms with Gasteiger partial charge in [0.1, 0.15) is 36.2 Å². The summed E-state index contributed by atoms with van der Waals surface area (Å²) in [5.74, 6) is -0.961. The number of nitro groups is 2. The molecule has 5 aromatic rings. The number of aromatic carboxylic acids is 1. The molecule has 0 radical (unpaired) electrons. The predicted molar refractivity (Wildman–Crippen MR) is 161 cm³/mol. The predicted octanol–water partition coefficient (Wildman–Crippen LogP) is 7.94. The summed E-state index contributed by atoms with van der Waals surface area (Å²) >= 11 is 0. The Morgan fingerprint density at radius 3 is 1.38 bits per heavy atom. The second-order valence-electron chi connectivity index (χ2n) is 9.52. The number of hydrogen-bond acceptors (Lipinski definition) is 9. The number of hydrogen-bond donors (Lipinski definition) is 1. The molecular formula is C33H24N2O10. The molecule has 0 heterocycles. The number of carboxylic acid groups (broad SMARTS) is 1. The van der Waals surface area contributed by atoms with Gasteiger partial charge in [0.05, 0.1) is 15.4 Å². The quantitative estimate of drug-likeness (QED) is 0.103. The molecule has 1 N–H and O–H groups in total. The standard InChI is InChI=1S/C33H24N2O10/c36-33(37)24-15-27(44-25-11-13-29(34(38)39)31(18-25)42-20-22-7-3-1-4-8-22)17-28(16-24)45-26-12-14-30(35(40)41)32(19-26)43-21-23-9-5-2-6-10-23/h1-19H,20-21H2,(H,36,37). The van der Waals surface area contributed by atoms with Gasteiger partial charge in [0.2, 0.25) is 11.5 Å². The molecule has 5 aromatic carbocycles. The number of benzene rings is 5. The highest BCUT2D eigenvalue weighted by atomic mass is 16.6. The summed E-state index contributed by atoms with van der Waals surface area (Å²) in [5.41, 5.74) is 0.880. The van der Waals surface area contributed by atoms with Crippen molar-refractivity contribution in [1.82, 2.24) is 0 Å². The van der Waals surface area contributed by atoms with Gasteiger partial charge in [0.25, 0.3) is 0 Å². The average Bonchev–Trinajstić information content (AvgIpc) is 3.03. The second kappa shape index (κ2) is 13.7. The van der Waals surface area contributed by atoms with Crippen LogP contribution >= 0.6 is 0 Å². The zero-order chi connectivity index (χ0) is 31.8. The molecule has 0 unspecified atom stereocenters. The maximum Gasteiger partial charge on any atom is 0.335 e. The number of nitro benzene ring substituents is 2. The summed E-state index contributed by atoms with van der Waals surface area (Å²) in [6.07, 6.45) is 0. The van der Waals surface area contributed by atoms with Crippen molar-refractivity contribution in [3.63, 3.8) is 0 Å². The molecule has 0 aliphatic carbocycles. The fourth-order valence-corrected chi connectivity index (χ4v) is 4.20. The fraction of sp³-hybridized carbons (Fsp3) is 0.0606. The molecule has 0 aromatic heterocycles. The maximum absolute atomic E-state index is 11.9. The maximum atomic E-state index is 11.9. The highest BCUT2D eigenvalue weighted by Crippen LogP contribution is 2.37. The van der Waals surface area contributed by atoms with E-state index >= 15 is 0 Å². The molecule has 0 aliphatic heterocycles. The third-order valence-electron chi connectivity index (χ3n) is 6.33. The summed E-state index contributed by atoms with van der Waals surface area (Å²) in [5, 5.41) is 32.9. The Balaban J connectivity index is 1.39. The molecular weight excluding hydrogens is 584 g/mol. The van der Waals surface area contributed by atoms with E-state index < -0.39 is 15.8 Å². The average molecular weight is 609 g/mol. The second-order valence-corrected chi connectivity index (χ2v) is 9.52. The molecule has 0 atom stereocenters. The first kappa shape index (κ1) is 30.0. The number of carboxylic acids is 1. The Bertz CT molecular complexity index is 1720. The van der Waals surface area contributed by atoms with E-state index in [-0.39, 0.29) is 64.6 Å². The number of carbonyl (C=O) groups is 1. The zero-order valence-electron chi connectivity index (χ0n) is 23.4. The number of rotatable bonds is 13. The lowest BCUT2D eigenvalue weighted by Gasteiger charge is -2.13. The SMILES string of the molecule is O=C(O)c1cc(Oc2ccc([N+](=O)[O-])c(OCc3ccccc3)c2)cc(Oc2ccc([N+](=O)[O-])c(OCc3ccccc3)c2)c1. The van der Waals surface area contributed by atoms with Crippen LogP contribution in [0.3, 0.4) is 0 Å². The summed E-state index contributed by atoms with van der Waals surface area (Å²) in [4.78, 5) is 33.9. The van der Waals surface area contributed by atoms with Gasteiger partial charge in [-0.15, -0.1) is 0 Å². The van der Waals surface area contributed by atoms with Crippen LogP contribution in [0.2, 0.25) is 0 Å². The Hall–Kier alpha value is -6.43. The van der Waals surface area contributed by atoms with Crippen LogP contribution < -0.4 is 18.9 Å². The van der Waals surface area contributed by atoms with Crippen LogP contribution in [0, 0.1) is 20.2 Å². The van der Waals surface area contributed by atoms with Gasteiger partial charge in [0.15, 0.2) is 0 Å². The van der Waals surface area contributed by atoms with Crippen molar-refractivity contribution in [3.05, 3.63) is 152 Å². The number of ether oxygens (including phenoxy) is 4. The molecule has 0 amide bonds. The molecule has 5 rings (SSSR count). The van der Waals surface area contributed by atoms with E-state index in [9.17, 15) is 30.1 Å². The number of nitrogens with zero attached hydrogens (tertiary/aromatic N) is 2. The normalized spacial score (nSPS) is 10.5. The molecule has 226 valence electrons. The van der Waals surface area contributed by atoms with Crippen LogP contribution in [0.1, 0.15) is 21.5 Å². The first-order valence-electron chi connectivity index (χ1n) is 13.4. The van der Waals surface area contributed by atoms with Crippen molar-refractivity contribution in [1.29, 1.82) is 0 Å². The van der Waals surface area contributed by atoms with E-state index in [4.69, 9.17) is 18.9 Å². The lowest BCUT2D eigenvalue weighted by Crippen LogP contribution is -2.01. The minimum Gasteiger partial charge on any atom is -0.482 e. The molecule has 0 spiro atoms. The van der Waals surface area contributed by atoms with Gasteiger partial charge in [-0.3, -0.25) is 20.2 Å². The van der Waals surface area contributed by atoms with Gasteiger partial charge in [-0.1, -0.05) is 60.7 Å². The fourth-order valence-electron chi connectivity index (χ4n) is 4.20. The molecule has 0 fully saturated rings. The Morgan fingerprint density at radius 1 is 0.578 bits per heavy atom. The lowest BCUT2D eigenvalue weighted by atomic mass is 10.2. The van der Waals surface area contributed by atoms with Gasteiger partial charge >= 0.3 is 17.3 Å². The van der Waals surface area contributed by atoms with Gasteiger partial charge in [0, 0.05) is 30.3 Å². The van der Waals surface area contributed by atoms with Crippen LogP contribution in [-0.4, -0.2) is 20.9 Å². The molecule has 0 saturated carbocycles. The van der Waals surface area contributed by atoms with Crippen molar-refractivity contribution >= 4 is 17.3 Å². The first-order valence-corrected chi connectivity index (χ1v) is 13.4. The topological polar surface area (TPSA) is 160 Å². The molecule has 0 aliphatic rings. The smallest absolute Gasteiger partial charge is 0.335 e. The highest BCUT2D eigenvalue weighted by Gasteiger charge is 2.19. The Morgan fingerprint density at radius 2 is 1.00 bits per heavy atom. The Labute approximate surface area is 255 Å². The van der Waals surface area contributed by atoms with E-state index in [1.807, 2.05) is 60.7 Å². The molecule has 12 heteroatoms. The molecule has 0 bridgehead atoms. The molecule has 0 saturated heterocycles. The highest BCUT2D eigenvalue weighted by molar-refractivity contribution is 5.88. The zero-order valence-corrected chi connectivity index (χ0v) is 23.4. The van der Waals surface area contributed by atoms with E-state index in [1.165, 1.54) is 54.6 Å². The van der Waals surface area contributed by atoms with E-state index in [0.717, 1.165) is 11.1 Å². The lowest BCUT2D eigenvalue weighted by molar-refractivity contribution is -0.386.